The van der Waals surface area contributed by atoms with Crippen LogP contribution in [-0.4, -0.2) is 93.6 Å². The van der Waals surface area contributed by atoms with Gasteiger partial charge in [0.1, 0.15) is 5.92 Å². The minimum atomic E-state index is -1.17. The molecule has 4 aliphatic heterocycles. The molecule has 57 heavy (non-hydrogen) atoms. The number of hydrogen-bond donors (Lipinski definition) is 1. The molecule has 0 fully saturated rings. The second-order valence-corrected chi connectivity index (χ2v) is 15.0. The van der Waals surface area contributed by atoms with Gasteiger partial charge < -0.3 is 28.7 Å². The fourth-order valence-electron chi connectivity index (χ4n) is 9.06. The van der Waals surface area contributed by atoms with Crippen LogP contribution in [0.1, 0.15) is 93.0 Å². The van der Waals surface area contributed by atoms with Crippen LogP contribution in [0.4, 0.5) is 0 Å². The Morgan fingerprint density at radius 3 is 2.23 bits per heavy atom. The molecule has 1 N–H and O–H groups in total. The lowest BCUT2D eigenvalue weighted by molar-refractivity contribution is -0.149. The summed E-state index contributed by atoms with van der Waals surface area (Å²) in [4.78, 5) is 85.9. The zero-order valence-corrected chi connectivity index (χ0v) is 34.2. The number of nitrogens with one attached hydrogen (secondary N) is 1. The number of methoxy groups -OCH3 is 5. The second-order valence-electron chi connectivity index (χ2n) is 15.0. The van der Waals surface area contributed by atoms with Crippen LogP contribution in [0, 0.1) is 24.2 Å². The van der Waals surface area contributed by atoms with Gasteiger partial charge in [0, 0.05) is 59.4 Å². The Bertz CT molecular complexity index is 2210. The van der Waals surface area contributed by atoms with E-state index in [1.54, 1.807) is 6.08 Å². The molecule has 3 unspecified atom stereocenters. The van der Waals surface area contributed by atoms with Crippen LogP contribution in [0.2, 0.25) is 0 Å². The van der Waals surface area contributed by atoms with Crippen molar-refractivity contribution in [2.24, 2.45) is 32.2 Å². The van der Waals surface area contributed by atoms with Crippen molar-refractivity contribution < 1.29 is 47.7 Å². The van der Waals surface area contributed by atoms with Gasteiger partial charge in [0.15, 0.2) is 0 Å². The van der Waals surface area contributed by atoms with Crippen molar-refractivity contribution >= 4 is 47.0 Å². The van der Waals surface area contributed by atoms with Crippen molar-refractivity contribution in [2.45, 2.75) is 85.1 Å². The number of rotatable bonds is 9. The van der Waals surface area contributed by atoms with Gasteiger partial charge in [-0.25, -0.2) is 9.59 Å². The Balaban J connectivity index is 1.66. The number of fused-ring (bicyclic) bond motifs is 8. The molecule has 14 heteroatoms. The summed E-state index contributed by atoms with van der Waals surface area (Å²) in [6.45, 7) is 9.80. The van der Waals surface area contributed by atoms with Crippen LogP contribution in [0.3, 0.4) is 0 Å². The zero-order valence-electron chi connectivity index (χ0n) is 34.2. The smallest absolute Gasteiger partial charge is 0.339 e. The zero-order chi connectivity index (χ0) is 41.5. The number of aliphatic imine (C=N–C) groups is 3. The van der Waals surface area contributed by atoms with E-state index in [0.717, 1.165) is 33.7 Å². The Labute approximate surface area is 331 Å². The number of ether oxygens (including phenoxy) is 5. The van der Waals surface area contributed by atoms with Gasteiger partial charge in [0.05, 0.1) is 76.2 Å². The highest BCUT2D eigenvalue weighted by molar-refractivity contribution is 6.16. The first-order chi connectivity index (χ1) is 27.2. The highest BCUT2D eigenvalue weighted by atomic mass is 16.5. The van der Waals surface area contributed by atoms with Crippen molar-refractivity contribution in [2.75, 3.05) is 35.5 Å². The van der Waals surface area contributed by atoms with Crippen LogP contribution in [0.15, 0.2) is 72.5 Å². The largest absolute Gasteiger partial charge is 0.469 e. The van der Waals surface area contributed by atoms with Gasteiger partial charge in [-0.2, -0.15) is 0 Å². The Kier molecular flexibility index (Phi) is 11.6. The minimum absolute atomic E-state index is 0.0368. The number of hydrogen-bond acceptors (Lipinski definition) is 13. The molecule has 0 aromatic carbocycles. The first-order valence-corrected chi connectivity index (χ1v) is 19.1. The van der Waals surface area contributed by atoms with E-state index < -0.39 is 53.1 Å². The molecule has 0 radical (unpaired) electrons. The third-order valence-corrected chi connectivity index (χ3v) is 12.3. The molecule has 1 aromatic rings. The van der Waals surface area contributed by atoms with Crippen molar-refractivity contribution in [1.82, 2.24) is 4.98 Å². The summed E-state index contributed by atoms with van der Waals surface area (Å²) in [5, 5.41) is 0. The molecule has 0 spiro atoms. The number of aromatic amines is 1. The predicted molar refractivity (Wildman–Crippen MR) is 211 cm³/mol. The van der Waals surface area contributed by atoms with Crippen LogP contribution < -0.4 is 0 Å². The lowest BCUT2D eigenvalue weighted by Gasteiger charge is -2.38. The van der Waals surface area contributed by atoms with Gasteiger partial charge in [-0.15, -0.1) is 0 Å². The third kappa shape index (κ3) is 6.92. The number of aromatic nitrogens is 1. The standard InChI is InChI=1S/C43H50N4O10/c1-11-23-20(2)28-18-32-27-14-12-25(40(50)55-8)37(42(52)57-10)43(27,5)33(45-32)19-30-21(3)24(13-15-34(48)53-6)38(46-30)26(16-35(49)54-7)39-36(41(51)56-9)22(4)29(47-39)17-31(23)44-28/h12,14,18,21,26,28,37,47H,11,13,15-17,19H2,1-10H3/t21?,26?,28?,37-,43+/m0/s1. The molecular weight excluding hydrogens is 732 g/mol. The van der Waals surface area contributed by atoms with Crippen LogP contribution in [0.25, 0.3) is 0 Å². The fraction of sp³-hybridized carbons (Fsp3) is 0.488. The molecule has 5 atom stereocenters. The number of nitrogens with zero attached hydrogens (tertiary/aromatic N) is 3. The average molecular weight is 783 g/mol. The van der Waals surface area contributed by atoms with Crippen LogP contribution in [-0.2, 0) is 49.3 Å². The van der Waals surface area contributed by atoms with Crippen molar-refractivity contribution in [1.29, 1.82) is 0 Å². The van der Waals surface area contributed by atoms with Crippen LogP contribution in [0.5, 0.6) is 0 Å². The van der Waals surface area contributed by atoms with E-state index in [1.807, 2.05) is 39.8 Å². The average Bonchev–Trinajstić information content (AvgIpc) is 3.88. The predicted octanol–water partition coefficient (Wildman–Crippen LogP) is 5.72. The quantitative estimate of drug-likeness (QED) is 0.240. The molecule has 1 aliphatic carbocycles. The maximum atomic E-state index is 13.8. The molecule has 5 heterocycles. The monoisotopic (exact) mass is 782 g/mol. The Morgan fingerprint density at radius 1 is 0.895 bits per heavy atom. The molecule has 302 valence electrons. The number of carbonyl (C=O) groups excluding carboxylic acids is 5. The summed E-state index contributed by atoms with van der Waals surface area (Å²) in [7, 11) is 6.47. The number of allylic oxidation sites excluding steroid dienone is 6. The van der Waals surface area contributed by atoms with Gasteiger partial charge >= 0.3 is 29.8 Å². The molecule has 0 amide bonds. The molecular formula is C43H50N4O10. The molecule has 6 rings (SSSR count). The van der Waals surface area contributed by atoms with Crippen molar-refractivity contribution in [3.05, 3.63) is 80.0 Å². The normalized spacial score (nSPS) is 25.0. The van der Waals surface area contributed by atoms with Crippen LogP contribution >= 0.6 is 0 Å². The molecule has 0 saturated heterocycles. The fourth-order valence-corrected chi connectivity index (χ4v) is 9.06. The van der Waals surface area contributed by atoms with Gasteiger partial charge in [-0.1, -0.05) is 26.0 Å². The molecule has 1 aromatic heterocycles. The van der Waals surface area contributed by atoms with Gasteiger partial charge in [-0.3, -0.25) is 29.4 Å². The first kappa shape index (κ1) is 41.0. The van der Waals surface area contributed by atoms with E-state index >= 15 is 0 Å². The molecule has 8 bridgehead atoms. The summed E-state index contributed by atoms with van der Waals surface area (Å²) in [6, 6.07) is -0.392. The minimum Gasteiger partial charge on any atom is -0.469 e. The molecule has 5 aliphatic rings. The lowest BCUT2D eigenvalue weighted by atomic mass is 9.62. The van der Waals surface area contributed by atoms with E-state index in [2.05, 4.69) is 11.9 Å². The van der Waals surface area contributed by atoms with E-state index in [9.17, 15) is 24.0 Å². The van der Waals surface area contributed by atoms with Crippen molar-refractivity contribution in [3.8, 4) is 0 Å². The highest BCUT2D eigenvalue weighted by Gasteiger charge is 2.56. The summed E-state index contributed by atoms with van der Waals surface area (Å²) < 4.78 is 26.0. The second kappa shape index (κ2) is 16.1. The highest BCUT2D eigenvalue weighted by Crippen LogP contribution is 2.54. The lowest BCUT2D eigenvalue weighted by Crippen LogP contribution is -2.45. The number of esters is 5. The number of H-pyrrole nitrogens is 1. The van der Waals surface area contributed by atoms with Gasteiger partial charge in [-0.05, 0) is 67.5 Å². The summed E-state index contributed by atoms with van der Waals surface area (Å²) >= 11 is 0. The summed E-state index contributed by atoms with van der Waals surface area (Å²) in [5.41, 5.74) is 7.83. The maximum absolute atomic E-state index is 13.8. The topological polar surface area (TPSA) is 184 Å². The van der Waals surface area contributed by atoms with Gasteiger partial charge in [0.2, 0.25) is 0 Å². The first-order valence-electron chi connectivity index (χ1n) is 19.1. The maximum Gasteiger partial charge on any atom is 0.339 e. The van der Waals surface area contributed by atoms with E-state index in [4.69, 9.17) is 38.7 Å². The van der Waals surface area contributed by atoms with E-state index in [1.165, 1.54) is 35.5 Å². The molecule has 0 saturated carbocycles. The number of carbonyl (C=O) groups is 5. The van der Waals surface area contributed by atoms with Crippen molar-refractivity contribution in [3.63, 3.8) is 0 Å². The summed E-state index contributed by atoms with van der Waals surface area (Å²) in [5.74, 6) is -5.14. The Hall–Kier alpha value is -5.66. The van der Waals surface area contributed by atoms with E-state index in [-0.39, 0.29) is 42.7 Å². The third-order valence-electron chi connectivity index (χ3n) is 12.3. The summed E-state index contributed by atoms with van der Waals surface area (Å²) in [6.07, 6.45) is 6.72. The van der Waals surface area contributed by atoms with E-state index in [0.29, 0.717) is 46.9 Å². The Morgan fingerprint density at radius 2 is 1.60 bits per heavy atom. The molecule has 14 nitrogen and oxygen atoms in total. The SMILES string of the molecule is CCC1=C(C)C2C=C3N=C(CC4=NC(=C(CCC(=O)OC)C4C)C(CC(=O)OC)c4[nH]c(c(C)c4C(=O)OC)CC1=N2)[C@@]1(C)C3=CC=C(C(=O)OC)[C@H]1C(=O)OC. The van der Waals surface area contributed by atoms with Gasteiger partial charge in [0.25, 0.3) is 0 Å².